The van der Waals surface area contributed by atoms with Gasteiger partial charge in [-0.25, -0.2) is 0 Å². The minimum absolute atomic E-state index is 0.0471. The Hall–Kier alpha value is -0.0800. The van der Waals surface area contributed by atoms with Crippen molar-refractivity contribution in [2.45, 2.75) is 59.2 Å². The number of ether oxygens (including phenoxy) is 2. The SMILES string of the molecule is CC1(C)COC(C2(C)CCCCC2)OC1. The van der Waals surface area contributed by atoms with Crippen molar-refractivity contribution in [3.8, 4) is 0 Å². The summed E-state index contributed by atoms with van der Waals surface area (Å²) in [6.07, 6.45) is 6.63. The van der Waals surface area contributed by atoms with Gasteiger partial charge in [-0.2, -0.15) is 0 Å². The van der Waals surface area contributed by atoms with E-state index in [2.05, 4.69) is 20.8 Å². The maximum atomic E-state index is 5.91. The molecule has 0 spiro atoms. The Morgan fingerprint density at radius 3 is 1.93 bits per heavy atom. The molecule has 2 nitrogen and oxygen atoms in total. The van der Waals surface area contributed by atoms with Crippen LogP contribution in [-0.2, 0) is 9.47 Å². The van der Waals surface area contributed by atoms with Gasteiger partial charge in [0.1, 0.15) is 0 Å². The minimum Gasteiger partial charge on any atom is -0.351 e. The van der Waals surface area contributed by atoms with Crippen LogP contribution in [0.15, 0.2) is 0 Å². The van der Waals surface area contributed by atoms with Crippen LogP contribution in [0.3, 0.4) is 0 Å². The van der Waals surface area contributed by atoms with E-state index in [1.54, 1.807) is 0 Å². The van der Waals surface area contributed by atoms with Gasteiger partial charge in [0.15, 0.2) is 6.29 Å². The summed E-state index contributed by atoms with van der Waals surface area (Å²) in [6, 6.07) is 0. The fourth-order valence-corrected chi connectivity index (χ4v) is 2.69. The normalized spacial score (nSPS) is 31.4. The first kappa shape index (κ1) is 11.4. The molecule has 2 heteroatoms. The molecule has 1 saturated heterocycles. The van der Waals surface area contributed by atoms with E-state index < -0.39 is 0 Å². The van der Waals surface area contributed by atoms with Gasteiger partial charge in [0.25, 0.3) is 0 Å². The molecule has 15 heavy (non-hydrogen) atoms. The molecule has 1 aliphatic carbocycles. The monoisotopic (exact) mass is 212 g/mol. The van der Waals surface area contributed by atoms with Gasteiger partial charge >= 0.3 is 0 Å². The summed E-state index contributed by atoms with van der Waals surface area (Å²) in [5.74, 6) is 0. The van der Waals surface area contributed by atoms with Crippen LogP contribution in [0, 0.1) is 10.8 Å². The molecule has 0 atom stereocenters. The van der Waals surface area contributed by atoms with Gasteiger partial charge in [-0.1, -0.05) is 40.0 Å². The van der Waals surface area contributed by atoms with Gasteiger partial charge in [0, 0.05) is 10.8 Å². The predicted molar refractivity (Wildman–Crippen MR) is 60.7 cm³/mol. The summed E-state index contributed by atoms with van der Waals surface area (Å²) in [5, 5.41) is 0. The van der Waals surface area contributed by atoms with Crippen molar-refractivity contribution in [2.24, 2.45) is 10.8 Å². The summed E-state index contributed by atoms with van der Waals surface area (Å²) in [4.78, 5) is 0. The molecule has 0 amide bonds. The fourth-order valence-electron chi connectivity index (χ4n) is 2.69. The molecule has 1 saturated carbocycles. The van der Waals surface area contributed by atoms with Crippen LogP contribution in [0.1, 0.15) is 52.9 Å². The van der Waals surface area contributed by atoms with E-state index in [1.807, 2.05) is 0 Å². The van der Waals surface area contributed by atoms with Crippen LogP contribution in [0.5, 0.6) is 0 Å². The zero-order chi connectivity index (χ0) is 10.9. The molecule has 0 aromatic carbocycles. The van der Waals surface area contributed by atoms with Crippen molar-refractivity contribution in [3.63, 3.8) is 0 Å². The highest BCUT2D eigenvalue weighted by molar-refractivity contribution is 4.85. The second-order valence-corrected chi connectivity index (χ2v) is 6.33. The van der Waals surface area contributed by atoms with Crippen molar-refractivity contribution >= 4 is 0 Å². The van der Waals surface area contributed by atoms with E-state index in [0.29, 0.717) is 0 Å². The molecule has 0 N–H and O–H groups in total. The van der Waals surface area contributed by atoms with E-state index in [9.17, 15) is 0 Å². The molecule has 2 rings (SSSR count). The summed E-state index contributed by atoms with van der Waals surface area (Å²) < 4.78 is 11.8. The summed E-state index contributed by atoms with van der Waals surface area (Å²) in [7, 11) is 0. The van der Waals surface area contributed by atoms with Crippen molar-refractivity contribution in [1.82, 2.24) is 0 Å². The van der Waals surface area contributed by atoms with Gasteiger partial charge in [-0.15, -0.1) is 0 Å². The molecular formula is C13H24O2. The second-order valence-electron chi connectivity index (χ2n) is 6.33. The molecule has 2 aliphatic rings. The largest absolute Gasteiger partial charge is 0.351 e. The zero-order valence-corrected chi connectivity index (χ0v) is 10.3. The standard InChI is InChI=1S/C13H24O2/c1-12(2)9-14-11(15-10-12)13(3)7-5-4-6-8-13/h11H,4-10H2,1-3H3. The van der Waals surface area contributed by atoms with E-state index in [-0.39, 0.29) is 17.1 Å². The van der Waals surface area contributed by atoms with Crippen molar-refractivity contribution in [3.05, 3.63) is 0 Å². The van der Waals surface area contributed by atoms with Crippen LogP contribution in [0.2, 0.25) is 0 Å². The molecule has 0 unspecified atom stereocenters. The molecule has 0 aromatic rings. The number of hydrogen-bond acceptors (Lipinski definition) is 2. The van der Waals surface area contributed by atoms with Crippen LogP contribution in [0.25, 0.3) is 0 Å². The van der Waals surface area contributed by atoms with Crippen LogP contribution >= 0.6 is 0 Å². The Morgan fingerprint density at radius 2 is 1.40 bits per heavy atom. The Morgan fingerprint density at radius 1 is 0.867 bits per heavy atom. The zero-order valence-electron chi connectivity index (χ0n) is 10.3. The molecule has 0 radical (unpaired) electrons. The Labute approximate surface area is 93.3 Å². The maximum absolute atomic E-state index is 5.91. The summed E-state index contributed by atoms with van der Waals surface area (Å²) in [6.45, 7) is 8.41. The minimum atomic E-state index is 0.0471. The third kappa shape index (κ3) is 2.54. The summed E-state index contributed by atoms with van der Waals surface area (Å²) >= 11 is 0. The third-order valence-corrected chi connectivity index (χ3v) is 3.82. The van der Waals surface area contributed by atoms with E-state index >= 15 is 0 Å². The Bertz CT molecular complexity index is 207. The molecular weight excluding hydrogens is 188 g/mol. The Kier molecular flexibility index (Phi) is 3.09. The smallest absolute Gasteiger partial charge is 0.162 e. The number of hydrogen-bond donors (Lipinski definition) is 0. The molecule has 88 valence electrons. The lowest BCUT2D eigenvalue weighted by Gasteiger charge is -2.45. The topological polar surface area (TPSA) is 18.5 Å². The van der Waals surface area contributed by atoms with E-state index in [4.69, 9.17) is 9.47 Å². The van der Waals surface area contributed by atoms with Crippen LogP contribution < -0.4 is 0 Å². The average molecular weight is 212 g/mol. The highest BCUT2D eigenvalue weighted by Crippen LogP contribution is 2.42. The van der Waals surface area contributed by atoms with Crippen molar-refractivity contribution < 1.29 is 9.47 Å². The van der Waals surface area contributed by atoms with Gasteiger partial charge in [-0.3, -0.25) is 0 Å². The molecule has 1 aliphatic heterocycles. The summed E-state index contributed by atoms with van der Waals surface area (Å²) in [5.41, 5.74) is 0.469. The lowest BCUT2D eigenvalue weighted by molar-refractivity contribution is -0.271. The van der Waals surface area contributed by atoms with Crippen molar-refractivity contribution in [2.75, 3.05) is 13.2 Å². The van der Waals surface area contributed by atoms with Crippen molar-refractivity contribution in [1.29, 1.82) is 0 Å². The molecule has 0 bridgehead atoms. The number of rotatable bonds is 1. The lowest BCUT2D eigenvalue weighted by Crippen LogP contribution is -2.46. The first-order valence-electron chi connectivity index (χ1n) is 6.25. The third-order valence-electron chi connectivity index (χ3n) is 3.82. The lowest BCUT2D eigenvalue weighted by atomic mass is 9.74. The van der Waals surface area contributed by atoms with Gasteiger partial charge in [0.05, 0.1) is 13.2 Å². The van der Waals surface area contributed by atoms with Crippen LogP contribution in [-0.4, -0.2) is 19.5 Å². The Balaban J connectivity index is 1.94. The highest BCUT2D eigenvalue weighted by Gasteiger charge is 2.41. The highest BCUT2D eigenvalue weighted by atomic mass is 16.7. The molecule has 0 aromatic heterocycles. The average Bonchev–Trinajstić information content (AvgIpc) is 2.18. The van der Waals surface area contributed by atoms with Gasteiger partial charge in [-0.05, 0) is 12.8 Å². The maximum Gasteiger partial charge on any atom is 0.162 e. The van der Waals surface area contributed by atoms with Crippen LogP contribution in [0.4, 0.5) is 0 Å². The molecule has 1 heterocycles. The second kappa shape index (κ2) is 4.06. The molecule has 2 fully saturated rings. The van der Waals surface area contributed by atoms with Gasteiger partial charge in [0.2, 0.25) is 0 Å². The quantitative estimate of drug-likeness (QED) is 0.663. The first-order chi connectivity index (χ1) is 7.02. The first-order valence-corrected chi connectivity index (χ1v) is 6.25. The predicted octanol–water partition coefficient (Wildman–Crippen LogP) is 3.36. The van der Waals surface area contributed by atoms with E-state index in [1.165, 1.54) is 32.1 Å². The fraction of sp³-hybridized carbons (Fsp3) is 1.00. The van der Waals surface area contributed by atoms with Gasteiger partial charge < -0.3 is 9.47 Å². The van der Waals surface area contributed by atoms with E-state index in [0.717, 1.165) is 13.2 Å².